The first-order valence-electron chi connectivity index (χ1n) is 10.3. The van der Waals surface area contributed by atoms with Gasteiger partial charge in [0.15, 0.2) is 17.2 Å². The second kappa shape index (κ2) is 10.1. The fourth-order valence-electron chi connectivity index (χ4n) is 3.26. The zero-order valence-electron chi connectivity index (χ0n) is 18.6. The quantitative estimate of drug-likeness (QED) is 0.326. The van der Waals surface area contributed by atoms with E-state index in [9.17, 15) is 18.4 Å². The Hall–Kier alpha value is -3.92. The van der Waals surface area contributed by atoms with E-state index in [1.807, 2.05) is 6.07 Å². The molecule has 0 bridgehead atoms. The Balaban J connectivity index is 1.90. The lowest BCUT2D eigenvalue weighted by Gasteiger charge is -2.11. The zero-order chi connectivity index (χ0) is 25.1. The predicted octanol–water partition coefficient (Wildman–Crippen LogP) is 5.72. The first-order chi connectivity index (χ1) is 16.7. The molecule has 1 N–H and O–H groups in total. The van der Waals surface area contributed by atoms with E-state index < -0.39 is 23.5 Å². The third-order valence-electron chi connectivity index (χ3n) is 4.94. The molecule has 7 nitrogen and oxygen atoms in total. The van der Waals surface area contributed by atoms with Gasteiger partial charge in [-0.3, -0.25) is 14.6 Å². The van der Waals surface area contributed by atoms with Crippen LogP contribution in [0.25, 0.3) is 11.0 Å². The summed E-state index contributed by atoms with van der Waals surface area (Å²) in [5.41, 5.74) is 1.96. The molecule has 2 aromatic carbocycles. The smallest absolute Gasteiger partial charge is 0.302 e. The Morgan fingerprint density at radius 3 is 2.66 bits per heavy atom. The molecule has 0 atom stereocenters. The van der Waals surface area contributed by atoms with Gasteiger partial charge in [0.25, 0.3) is 5.91 Å². The molecule has 35 heavy (non-hydrogen) atoms. The molecule has 178 valence electrons. The van der Waals surface area contributed by atoms with E-state index in [2.05, 4.69) is 31.2 Å². The lowest BCUT2D eigenvalue weighted by Crippen LogP contribution is -2.22. The number of hydrogen-bond acceptors (Lipinski definition) is 6. The van der Waals surface area contributed by atoms with E-state index in [0.717, 1.165) is 16.6 Å². The molecule has 0 saturated heterocycles. The summed E-state index contributed by atoms with van der Waals surface area (Å²) in [5, 5.41) is 3.03. The summed E-state index contributed by atoms with van der Waals surface area (Å²) in [6.07, 6.45) is 1.53. The molecule has 0 aliphatic carbocycles. The van der Waals surface area contributed by atoms with Crippen LogP contribution in [0.3, 0.4) is 0 Å². The van der Waals surface area contributed by atoms with Crippen LogP contribution in [0.4, 0.5) is 20.2 Å². The van der Waals surface area contributed by atoms with E-state index in [0.29, 0.717) is 27.9 Å². The number of amides is 1. The lowest BCUT2D eigenvalue weighted by molar-refractivity contribution is -0.142. The van der Waals surface area contributed by atoms with Crippen molar-refractivity contribution in [3.05, 3.63) is 93.2 Å². The molecular weight excluding hydrogens is 524 g/mol. The third kappa shape index (κ3) is 5.60. The summed E-state index contributed by atoms with van der Waals surface area (Å²) in [6.45, 7) is 2.93. The zero-order valence-corrected chi connectivity index (χ0v) is 20.2. The monoisotopic (exact) mass is 541 g/mol. The van der Waals surface area contributed by atoms with Crippen molar-refractivity contribution in [1.82, 2.24) is 4.98 Å². The average molecular weight is 542 g/mol. The largest absolute Gasteiger partial charge is 0.461 e. The van der Waals surface area contributed by atoms with E-state index in [1.165, 1.54) is 19.2 Å². The van der Waals surface area contributed by atoms with E-state index in [4.69, 9.17) is 9.15 Å². The van der Waals surface area contributed by atoms with Crippen LogP contribution >= 0.6 is 15.9 Å². The normalized spacial score (nSPS) is 11.5. The number of nitrogens with one attached hydrogen (secondary N) is 1. The standard InChI is InChI=1S/C25H18BrF2N3O4/c1-13-23-19(15(11-29-13)12-34-14(2)32)10-20(24(33)30-18-6-7-21(27)22(28)9-18)25(35-23)31-17-5-3-4-16(26)8-17/h3-11H,12H2,1-2H3,(H,30,33). The predicted molar refractivity (Wildman–Crippen MR) is 128 cm³/mol. The summed E-state index contributed by atoms with van der Waals surface area (Å²) < 4.78 is 38.9. The molecule has 4 rings (SSSR count). The van der Waals surface area contributed by atoms with E-state index in [1.54, 1.807) is 31.2 Å². The summed E-state index contributed by atoms with van der Waals surface area (Å²) in [7, 11) is 0. The number of carbonyl (C=O) groups is 2. The second-order valence-electron chi connectivity index (χ2n) is 7.53. The molecule has 0 spiro atoms. The first-order valence-corrected chi connectivity index (χ1v) is 11.1. The van der Waals surface area contributed by atoms with Crippen molar-refractivity contribution in [1.29, 1.82) is 0 Å². The van der Waals surface area contributed by atoms with Crippen LogP contribution in [0.1, 0.15) is 28.5 Å². The molecule has 10 heteroatoms. The van der Waals surface area contributed by atoms with Gasteiger partial charge in [0.1, 0.15) is 12.2 Å². The van der Waals surface area contributed by atoms with Gasteiger partial charge in [-0.25, -0.2) is 13.8 Å². The molecular formula is C25H18BrF2N3O4. The molecule has 1 amide bonds. The maximum Gasteiger partial charge on any atom is 0.302 e. The number of anilines is 1. The van der Waals surface area contributed by atoms with Crippen LogP contribution in [0.15, 0.2) is 68.6 Å². The number of fused-ring (bicyclic) bond motifs is 1. The second-order valence-corrected chi connectivity index (χ2v) is 8.45. The highest BCUT2D eigenvalue weighted by Gasteiger charge is 2.18. The number of pyridine rings is 1. The number of hydrogen-bond donors (Lipinski definition) is 1. The van der Waals surface area contributed by atoms with Crippen LogP contribution in [0, 0.1) is 18.6 Å². The maximum atomic E-state index is 13.7. The van der Waals surface area contributed by atoms with Crippen LogP contribution in [0.5, 0.6) is 0 Å². The molecule has 2 aromatic heterocycles. The van der Waals surface area contributed by atoms with Crippen molar-refractivity contribution in [2.75, 3.05) is 5.32 Å². The highest BCUT2D eigenvalue weighted by Crippen LogP contribution is 2.24. The molecule has 0 radical (unpaired) electrons. The maximum absolute atomic E-state index is 13.7. The SMILES string of the molecule is CC(=O)OCc1cnc(C)c2oc(=Nc3cccc(Br)c3)c(C(=O)Nc3ccc(F)c(F)c3)cc12. The molecule has 0 aliphatic rings. The minimum Gasteiger partial charge on any atom is -0.461 e. The number of nitrogens with zero attached hydrogens (tertiary/aromatic N) is 2. The Kier molecular flexibility index (Phi) is 7.02. The van der Waals surface area contributed by atoms with Crippen molar-refractivity contribution >= 4 is 50.2 Å². The Morgan fingerprint density at radius 2 is 1.94 bits per heavy atom. The van der Waals surface area contributed by atoms with Gasteiger partial charge in [0.2, 0.25) is 5.55 Å². The molecule has 4 aromatic rings. The third-order valence-corrected chi connectivity index (χ3v) is 5.44. The lowest BCUT2D eigenvalue weighted by atomic mass is 10.1. The number of benzene rings is 2. The number of aryl methyl sites for hydroxylation is 1. The summed E-state index contributed by atoms with van der Waals surface area (Å²) in [6, 6.07) is 11.6. The first kappa shape index (κ1) is 24.2. The van der Waals surface area contributed by atoms with E-state index in [-0.39, 0.29) is 23.4 Å². The topological polar surface area (TPSA) is 93.8 Å². The van der Waals surface area contributed by atoms with Gasteiger partial charge in [0.05, 0.1) is 11.4 Å². The Labute approximate surface area is 206 Å². The highest BCUT2D eigenvalue weighted by molar-refractivity contribution is 9.10. The average Bonchev–Trinajstić information content (AvgIpc) is 2.81. The van der Waals surface area contributed by atoms with Gasteiger partial charge in [0, 0.05) is 40.3 Å². The van der Waals surface area contributed by atoms with Gasteiger partial charge in [-0.05, 0) is 43.3 Å². The van der Waals surface area contributed by atoms with Crippen LogP contribution in [0.2, 0.25) is 0 Å². The minimum absolute atomic E-state index is 0.0229. The van der Waals surface area contributed by atoms with Crippen molar-refractivity contribution < 1.29 is 27.5 Å². The Morgan fingerprint density at radius 1 is 1.14 bits per heavy atom. The summed E-state index contributed by atoms with van der Waals surface area (Å²) in [4.78, 5) is 33.3. The fourth-order valence-corrected chi connectivity index (χ4v) is 3.65. The highest BCUT2D eigenvalue weighted by atomic mass is 79.9. The van der Waals surface area contributed by atoms with Gasteiger partial charge >= 0.3 is 5.97 Å². The Bertz CT molecular complexity index is 1540. The minimum atomic E-state index is -1.10. The molecule has 0 unspecified atom stereocenters. The molecule has 2 heterocycles. The fraction of sp³-hybridized carbons (Fsp3) is 0.120. The van der Waals surface area contributed by atoms with Crippen molar-refractivity contribution in [2.45, 2.75) is 20.5 Å². The van der Waals surface area contributed by atoms with Crippen molar-refractivity contribution in [3.8, 4) is 0 Å². The van der Waals surface area contributed by atoms with Crippen molar-refractivity contribution in [2.24, 2.45) is 4.99 Å². The molecule has 0 aliphatic heterocycles. The van der Waals surface area contributed by atoms with Crippen LogP contribution in [-0.4, -0.2) is 16.9 Å². The number of ether oxygens (including phenoxy) is 1. The number of carbonyl (C=O) groups excluding carboxylic acids is 2. The van der Waals surface area contributed by atoms with Gasteiger partial charge < -0.3 is 14.5 Å². The van der Waals surface area contributed by atoms with E-state index >= 15 is 0 Å². The number of rotatable bonds is 5. The molecule has 0 saturated carbocycles. The van der Waals surface area contributed by atoms with Gasteiger partial charge in [-0.2, -0.15) is 0 Å². The number of esters is 1. The van der Waals surface area contributed by atoms with Crippen LogP contribution in [-0.2, 0) is 16.1 Å². The van der Waals surface area contributed by atoms with Gasteiger partial charge in [-0.1, -0.05) is 22.0 Å². The van der Waals surface area contributed by atoms with Crippen molar-refractivity contribution in [3.63, 3.8) is 0 Å². The molecule has 0 fully saturated rings. The summed E-state index contributed by atoms with van der Waals surface area (Å²) in [5.74, 6) is -3.28. The number of aromatic nitrogens is 1. The number of halogens is 3. The summed E-state index contributed by atoms with van der Waals surface area (Å²) >= 11 is 3.38. The van der Waals surface area contributed by atoms with Gasteiger partial charge in [-0.15, -0.1) is 0 Å². The van der Waals surface area contributed by atoms with Crippen LogP contribution < -0.4 is 10.9 Å².